The first-order chi connectivity index (χ1) is 9.52. The zero-order valence-electron chi connectivity index (χ0n) is 11.6. The summed E-state index contributed by atoms with van der Waals surface area (Å²) in [5, 5.41) is 19.7. The number of anilines is 1. The van der Waals surface area contributed by atoms with Crippen LogP contribution in [0.5, 0.6) is 0 Å². The molecule has 1 aromatic rings. The third-order valence-electron chi connectivity index (χ3n) is 3.61. The highest BCUT2D eigenvalue weighted by Gasteiger charge is 2.22. The van der Waals surface area contributed by atoms with E-state index in [1.807, 2.05) is 6.92 Å². The summed E-state index contributed by atoms with van der Waals surface area (Å²) in [4.78, 5) is 18.9. The Morgan fingerprint density at radius 2 is 2.05 bits per heavy atom. The molecule has 1 unspecified atom stereocenters. The molecule has 0 spiro atoms. The maximum absolute atomic E-state index is 10.8. The summed E-state index contributed by atoms with van der Waals surface area (Å²) in [5.74, 6) is 0.761. The number of hydrogen-bond acceptors (Lipinski definition) is 6. The van der Waals surface area contributed by atoms with Gasteiger partial charge in [0.05, 0.1) is 17.0 Å². The molecule has 1 saturated heterocycles. The molecule has 0 saturated carbocycles. The van der Waals surface area contributed by atoms with Gasteiger partial charge in [-0.25, -0.2) is 4.98 Å². The van der Waals surface area contributed by atoms with Crippen molar-refractivity contribution in [1.29, 1.82) is 5.26 Å². The molecule has 1 aliphatic heterocycles. The predicted molar refractivity (Wildman–Crippen MR) is 74.5 cm³/mol. The molecular weight excluding hydrogens is 258 g/mol. The Balaban J connectivity index is 2.06. The SMILES string of the molecule is Cc1nc(N2CCN(C(C)C#N)CC2)ccc1[N+](=O)[O-]. The molecule has 0 N–H and O–H groups in total. The summed E-state index contributed by atoms with van der Waals surface area (Å²) in [6, 6.07) is 5.35. The molecule has 1 aliphatic rings. The van der Waals surface area contributed by atoms with Gasteiger partial charge in [-0.05, 0) is 19.9 Å². The van der Waals surface area contributed by atoms with Crippen molar-refractivity contribution in [3.8, 4) is 6.07 Å². The molecule has 1 atom stereocenters. The van der Waals surface area contributed by atoms with E-state index in [2.05, 4.69) is 20.9 Å². The third kappa shape index (κ3) is 2.86. The fraction of sp³-hybridized carbons (Fsp3) is 0.538. The van der Waals surface area contributed by atoms with Crippen LogP contribution in [0.25, 0.3) is 0 Å². The summed E-state index contributed by atoms with van der Waals surface area (Å²) in [7, 11) is 0. The number of hydrogen-bond donors (Lipinski definition) is 0. The molecule has 0 bridgehead atoms. The number of aryl methyl sites for hydroxylation is 1. The van der Waals surface area contributed by atoms with Crippen molar-refractivity contribution in [2.75, 3.05) is 31.1 Å². The summed E-state index contributed by atoms with van der Waals surface area (Å²) in [5.41, 5.74) is 0.478. The number of pyridine rings is 1. The van der Waals surface area contributed by atoms with Crippen LogP contribution < -0.4 is 4.90 Å². The van der Waals surface area contributed by atoms with E-state index >= 15 is 0 Å². The highest BCUT2D eigenvalue weighted by Crippen LogP contribution is 2.21. The molecule has 0 aromatic carbocycles. The number of piperazine rings is 1. The highest BCUT2D eigenvalue weighted by molar-refractivity contribution is 5.47. The van der Waals surface area contributed by atoms with Gasteiger partial charge in [0.25, 0.3) is 5.69 Å². The molecule has 1 fully saturated rings. The van der Waals surface area contributed by atoms with Crippen molar-refractivity contribution < 1.29 is 4.92 Å². The molecule has 0 amide bonds. The lowest BCUT2D eigenvalue weighted by Gasteiger charge is -2.36. The van der Waals surface area contributed by atoms with Gasteiger partial charge in [-0.15, -0.1) is 0 Å². The second kappa shape index (κ2) is 5.84. The van der Waals surface area contributed by atoms with E-state index in [1.165, 1.54) is 6.07 Å². The number of nitrogens with zero attached hydrogens (tertiary/aromatic N) is 5. The monoisotopic (exact) mass is 275 g/mol. The fourth-order valence-electron chi connectivity index (χ4n) is 2.33. The Kier molecular flexibility index (Phi) is 4.15. The molecule has 7 heteroatoms. The standard InChI is InChI=1S/C13H17N5O2/c1-10(9-14)16-5-7-17(8-6-16)13-4-3-12(18(19)20)11(2)15-13/h3-4,10H,5-8H2,1-2H3. The van der Waals surface area contributed by atoms with Crippen molar-refractivity contribution in [1.82, 2.24) is 9.88 Å². The molecule has 2 heterocycles. The molecule has 7 nitrogen and oxygen atoms in total. The second-order valence-corrected chi connectivity index (χ2v) is 4.86. The zero-order chi connectivity index (χ0) is 14.7. The van der Waals surface area contributed by atoms with E-state index in [1.54, 1.807) is 13.0 Å². The normalized spacial score (nSPS) is 17.6. The average Bonchev–Trinajstić information content (AvgIpc) is 2.46. The Morgan fingerprint density at radius 1 is 1.40 bits per heavy atom. The first kappa shape index (κ1) is 14.2. The van der Waals surface area contributed by atoms with Crippen LogP contribution >= 0.6 is 0 Å². The predicted octanol–water partition coefficient (Wildman–Crippen LogP) is 1.33. The van der Waals surface area contributed by atoms with Gasteiger partial charge < -0.3 is 4.90 Å². The Hall–Kier alpha value is -2.20. The lowest BCUT2D eigenvalue weighted by Crippen LogP contribution is -2.49. The Morgan fingerprint density at radius 3 is 2.55 bits per heavy atom. The van der Waals surface area contributed by atoms with Crippen LogP contribution in [-0.4, -0.2) is 47.0 Å². The largest absolute Gasteiger partial charge is 0.354 e. The van der Waals surface area contributed by atoms with E-state index < -0.39 is 4.92 Å². The van der Waals surface area contributed by atoms with Crippen LogP contribution in [0.4, 0.5) is 11.5 Å². The second-order valence-electron chi connectivity index (χ2n) is 4.86. The van der Waals surface area contributed by atoms with Crippen LogP contribution in [0.2, 0.25) is 0 Å². The zero-order valence-corrected chi connectivity index (χ0v) is 11.6. The maximum Gasteiger partial charge on any atom is 0.290 e. The van der Waals surface area contributed by atoms with Gasteiger partial charge in [0.15, 0.2) is 0 Å². The number of aromatic nitrogens is 1. The molecule has 2 rings (SSSR count). The first-order valence-corrected chi connectivity index (χ1v) is 6.53. The van der Waals surface area contributed by atoms with Crippen LogP contribution in [0, 0.1) is 28.4 Å². The molecule has 20 heavy (non-hydrogen) atoms. The minimum absolute atomic E-state index is 0.0467. The van der Waals surface area contributed by atoms with Gasteiger partial charge in [0.1, 0.15) is 11.5 Å². The molecule has 0 radical (unpaired) electrons. The molecule has 0 aliphatic carbocycles. The van der Waals surface area contributed by atoms with Gasteiger partial charge in [-0.3, -0.25) is 15.0 Å². The van der Waals surface area contributed by atoms with Crippen LogP contribution in [0.1, 0.15) is 12.6 Å². The number of nitriles is 1. The van der Waals surface area contributed by atoms with Gasteiger partial charge >= 0.3 is 0 Å². The van der Waals surface area contributed by atoms with Crippen molar-refractivity contribution in [2.45, 2.75) is 19.9 Å². The van der Waals surface area contributed by atoms with E-state index in [0.29, 0.717) is 5.69 Å². The topological polar surface area (TPSA) is 86.3 Å². The average molecular weight is 275 g/mol. The highest BCUT2D eigenvalue weighted by atomic mass is 16.6. The quantitative estimate of drug-likeness (QED) is 0.611. The van der Waals surface area contributed by atoms with Crippen molar-refractivity contribution in [3.63, 3.8) is 0 Å². The minimum Gasteiger partial charge on any atom is -0.354 e. The summed E-state index contributed by atoms with van der Waals surface area (Å²) >= 11 is 0. The van der Waals surface area contributed by atoms with Gasteiger partial charge in [-0.2, -0.15) is 5.26 Å². The fourth-order valence-corrected chi connectivity index (χ4v) is 2.33. The Bertz CT molecular complexity index is 546. The van der Waals surface area contributed by atoms with Gasteiger partial charge in [-0.1, -0.05) is 0 Å². The van der Waals surface area contributed by atoms with Crippen molar-refractivity contribution in [2.24, 2.45) is 0 Å². The lowest BCUT2D eigenvalue weighted by molar-refractivity contribution is -0.385. The van der Waals surface area contributed by atoms with E-state index in [-0.39, 0.29) is 11.7 Å². The maximum atomic E-state index is 10.8. The molecule has 1 aromatic heterocycles. The minimum atomic E-state index is -0.418. The number of rotatable bonds is 3. The first-order valence-electron chi connectivity index (χ1n) is 6.53. The summed E-state index contributed by atoms with van der Waals surface area (Å²) in [6.07, 6.45) is 0. The lowest BCUT2D eigenvalue weighted by atomic mass is 10.2. The smallest absolute Gasteiger partial charge is 0.290 e. The Labute approximate surface area is 117 Å². The van der Waals surface area contributed by atoms with Crippen LogP contribution in [0.3, 0.4) is 0 Å². The van der Waals surface area contributed by atoms with E-state index in [0.717, 1.165) is 32.0 Å². The summed E-state index contributed by atoms with van der Waals surface area (Å²) in [6.45, 7) is 6.69. The van der Waals surface area contributed by atoms with Crippen molar-refractivity contribution >= 4 is 11.5 Å². The van der Waals surface area contributed by atoms with Crippen LogP contribution in [0.15, 0.2) is 12.1 Å². The molecular formula is C13H17N5O2. The van der Waals surface area contributed by atoms with Crippen molar-refractivity contribution in [3.05, 3.63) is 27.9 Å². The number of nitro groups is 1. The van der Waals surface area contributed by atoms with E-state index in [4.69, 9.17) is 5.26 Å². The molecule has 106 valence electrons. The van der Waals surface area contributed by atoms with E-state index in [9.17, 15) is 10.1 Å². The third-order valence-corrected chi connectivity index (χ3v) is 3.61. The van der Waals surface area contributed by atoms with Crippen LogP contribution in [-0.2, 0) is 0 Å². The van der Waals surface area contributed by atoms with Gasteiger partial charge in [0.2, 0.25) is 0 Å². The summed E-state index contributed by atoms with van der Waals surface area (Å²) < 4.78 is 0. The van der Waals surface area contributed by atoms with Gasteiger partial charge in [0, 0.05) is 32.2 Å².